The highest BCUT2D eigenvalue weighted by Gasteiger charge is 2.29. The van der Waals surface area contributed by atoms with E-state index in [1.54, 1.807) is 18.2 Å². The molecule has 1 heterocycles. The lowest BCUT2D eigenvalue weighted by Crippen LogP contribution is -2.42. The van der Waals surface area contributed by atoms with E-state index in [4.69, 9.17) is 4.74 Å². The predicted molar refractivity (Wildman–Crippen MR) is 67.0 cm³/mol. The molecule has 0 amide bonds. The van der Waals surface area contributed by atoms with Crippen LogP contribution in [0.2, 0.25) is 0 Å². The molecule has 1 unspecified atom stereocenters. The number of methoxy groups -OCH3 is 1. The third kappa shape index (κ3) is 2.66. The molecule has 1 N–H and O–H groups in total. The second-order valence-electron chi connectivity index (χ2n) is 4.34. The Hall–Kier alpha value is -1.11. The quantitative estimate of drug-likeness (QED) is 0.884. The summed E-state index contributed by atoms with van der Waals surface area (Å²) in [4.78, 5) is 0.205. The molecule has 0 saturated carbocycles. The topological polar surface area (TPSA) is 66.8 Å². The SMILES string of the molecule is COc1cccc(S(=O)(=O)N2CCCC(O)C2)c1. The first-order valence-corrected chi connectivity index (χ1v) is 7.30. The molecule has 1 aromatic carbocycles. The zero-order valence-corrected chi connectivity index (χ0v) is 11.1. The summed E-state index contributed by atoms with van der Waals surface area (Å²) >= 11 is 0. The number of ether oxygens (including phenoxy) is 1. The van der Waals surface area contributed by atoms with E-state index in [9.17, 15) is 13.5 Å². The van der Waals surface area contributed by atoms with Crippen LogP contribution >= 0.6 is 0 Å². The van der Waals surface area contributed by atoms with Crippen LogP contribution in [0.25, 0.3) is 0 Å². The first kappa shape index (κ1) is 13.3. The van der Waals surface area contributed by atoms with E-state index in [0.29, 0.717) is 25.1 Å². The Morgan fingerprint density at radius 2 is 2.22 bits per heavy atom. The van der Waals surface area contributed by atoms with Gasteiger partial charge in [0.2, 0.25) is 10.0 Å². The van der Waals surface area contributed by atoms with Crippen molar-refractivity contribution >= 4 is 10.0 Å². The molecular weight excluding hydrogens is 254 g/mol. The highest BCUT2D eigenvalue weighted by Crippen LogP contribution is 2.23. The normalized spacial score (nSPS) is 21.8. The fourth-order valence-corrected chi connectivity index (χ4v) is 3.60. The summed E-state index contributed by atoms with van der Waals surface area (Å²) in [6.45, 7) is 0.621. The summed E-state index contributed by atoms with van der Waals surface area (Å²) in [5.41, 5.74) is 0. The molecule has 1 atom stereocenters. The van der Waals surface area contributed by atoms with Gasteiger partial charge in [-0.05, 0) is 25.0 Å². The van der Waals surface area contributed by atoms with Crippen molar-refractivity contribution in [1.29, 1.82) is 0 Å². The number of sulfonamides is 1. The number of piperidine rings is 1. The van der Waals surface area contributed by atoms with Crippen LogP contribution in [0.3, 0.4) is 0 Å². The molecule has 1 fully saturated rings. The van der Waals surface area contributed by atoms with Crippen LogP contribution in [0.4, 0.5) is 0 Å². The van der Waals surface area contributed by atoms with Crippen molar-refractivity contribution in [1.82, 2.24) is 4.31 Å². The first-order valence-electron chi connectivity index (χ1n) is 5.86. The fraction of sp³-hybridized carbons (Fsp3) is 0.500. The minimum absolute atomic E-state index is 0.166. The van der Waals surface area contributed by atoms with Crippen LogP contribution < -0.4 is 4.74 Å². The Labute approximate surface area is 107 Å². The Kier molecular flexibility index (Phi) is 3.89. The standard InChI is InChI=1S/C12H17NO4S/c1-17-11-5-2-6-12(8-11)18(15,16)13-7-3-4-10(14)9-13/h2,5-6,8,10,14H,3-4,7,9H2,1H3. The monoisotopic (exact) mass is 271 g/mol. The molecule has 6 heteroatoms. The van der Waals surface area contributed by atoms with Crippen LogP contribution in [0.1, 0.15) is 12.8 Å². The van der Waals surface area contributed by atoms with Crippen LogP contribution in [-0.4, -0.2) is 44.1 Å². The van der Waals surface area contributed by atoms with Crippen molar-refractivity contribution in [3.05, 3.63) is 24.3 Å². The Morgan fingerprint density at radius 3 is 2.89 bits per heavy atom. The van der Waals surface area contributed by atoms with Gasteiger partial charge >= 0.3 is 0 Å². The van der Waals surface area contributed by atoms with Crippen molar-refractivity contribution in [2.45, 2.75) is 23.8 Å². The van der Waals surface area contributed by atoms with Gasteiger partial charge in [-0.2, -0.15) is 4.31 Å². The van der Waals surface area contributed by atoms with Crippen molar-refractivity contribution in [2.24, 2.45) is 0 Å². The van der Waals surface area contributed by atoms with Gasteiger partial charge in [-0.15, -0.1) is 0 Å². The third-order valence-corrected chi connectivity index (χ3v) is 4.90. The Bertz CT molecular complexity index is 515. The number of β-amino-alcohol motifs (C(OH)–C–C–N with tert-alkyl or cyclic N) is 1. The molecule has 0 radical (unpaired) electrons. The molecule has 0 aromatic heterocycles. The maximum atomic E-state index is 12.4. The molecule has 0 aliphatic carbocycles. The number of hydrogen-bond donors (Lipinski definition) is 1. The second-order valence-corrected chi connectivity index (χ2v) is 6.28. The van der Waals surface area contributed by atoms with E-state index >= 15 is 0 Å². The highest BCUT2D eigenvalue weighted by molar-refractivity contribution is 7.89. The molecule has 5 nitrogen and oxygen atoms in total. The van der Waals surface area contributed by atoms with E-state index in [0.717, 1.165) is 0 Å². The molecule has 18 heavy (non-hydrogen) atoms. The summed E-state index contributed by atoms with van der Waals surface area (Å²) in [6, 6.07) is 6.38. The van der Waals surface area contributed by atoms with Crippen LogP contribution in [0.15, 0.2) is 29.2 Å². The van der Waals surface area contributed by atoms with Gasteiger partial charge < -0.3 is 9.84 Å². The Balaban J connectivity index is 2.29. The van der Waals surface area contributed by atoms with E-state index in [-0.39, 0.29) is 11.4 Å². The summed E-state index contributed by atoms with van der Waals surface area (Å²) in [5.74, 6) is 0.508. The van der Waals surface area contributed by atoms with Crippen molar-refractivity contribution < 1.29 is 18.3 Å². The molecule has 2 rings (SSSR count). The first-order chi connectivity index (χ1) is 8.54. The van der Waals surface area contributed by atoms with Crippen LogP contribution in [-0.2, 0) is 10.0 Å². The molecule has 1 aliphatic rings. The van der Waals surface area contributed by atoms with Gasteiger partial charge in [0.25, 0.3) is 0 Å². The lowest BCUT2D eigenvalue weighted by molar-refractivity contribution is 0.108. The smallest absolute Gasteiger partial charge is 0.243 e. The van der Waals surface area contributed by atoms with Crippen molar-refractivity contribution in [2.75, 3.05) is 20.2 Å². The van der Waals surface area contributed by atoms with E-state index in [1.165, 1.54) is 17.5 Å². The molecule has 1 saturated heterocycles. The number of rotatable bonds is 3. The number of aliphatic hydroxyl groups excluding tert-OH is 1. The van der Waals surface area contributed by atoms with Gasteiger partial charge in [-0.1, -0.05) is 6.07 Å². The highest BCUT2D eigenvalue weighted by atomic mass is 32.2. The van der Waals surface area contributed by atoms with Crippen LogP contribution in [0.5, 0.6) is 5.75 Å². The molecule has 1 aromatic rings. The predicted octanol–water partition coefficient (Wildman–Crippen LogP) is 0.841. The maximum absolute atomic E-state index is 12.4. The Morgan fingerprint density at radius 1 is 1.44 bits per heavy atom. The molecule has 0 spiro atoms. The van der Waals surface area contributed by atoms with Crippen molar-refractivity contribution in [3.63, 3.8) is 0 Å². The number of hydrogen-bond acceptors (Lipinski definition) is 4. The number of nitrogens with zero attached hydrogens (tertiary/aromatic N) is 1. The van der Waals surface area contributed by atoms with Crippen molar-refractivity contribution in [3.8, 4) is 5.75 Å². The van der Waals surface area contributed by atoms with Gasteiger partial charge in [0.1, 0.15) is 5.75 Å². The van der Waals surface area contributed by atoms with Gasteiger partial charge in [0.05, 0.1) is 18.1 Å². The number of aliphatic hydroxyl groups is 1. The van der Waals surface area contributed by atoms with Gasteiger partial charge in [0, 0.05) is 19.2 Å². The number of benzene rings is 1. The summed E-state index contributed by atoms with van der Waals surface area (Å²) in [7, 11) is -2.04. The molecule has 0 bridgehead atoms. The third-order valence-electron chi connectivity index (χ3n) is 3.04. The molecular formula is C12H17NO4S. The van der Waals surface area contributed by atoms with Gasteiger partial charge in [-0.25, -0.2) is 8.42 Å². The van der Waals surface area contributed by atoms with E-state index in [1.807, 2.05) is 0 Å². The minimum atomic E-state index is -3.53. The summed E-state index contributed by atoms with van der Waals surface area (Å²) in [6.07, 6.45) is 0.772. The van der Waals surface area contributed by atoms with E-state index in [2.05, 4.69) is 0 Å². The average Bonchev–Trinajstić information content (AvgIpc) is 2.39. The second kappa shape index (κ2) is 5.26. The average molecular weight is 271 g/mol. The van der Waals surface area contributed by atoms with Crippen LogP contribution in [0, 0.1) is 0 Å². The zero-order chi connectivity index (χ0) is 13.2. The summed E-state index contributed by atoms with van der Waals surface area (Å²) < 4.78 is 31.1. The lowest BCUT2D eigenvalue weighted by atomic mass is 10.1. The van der Waals surface area contributed by atoms with Gasteiger partial charge in [-0.3, -0.25) is 0 Å². The van der Waals surface area contributed by atoms with Gasteiger partial charge in [0.15, 0.2) is 0 Å². The molecule has 1 aliphatic heterocycles. The van der Waals surface area contributed by atoms with E-state index < -0.39 is 16.1 Å². The zero-order valence-electron chi connectivity index (χ0n) is 10.2. The maximum Gasteiger partial charge on any atom is 0.243 e. The largest absolute Gasteiger partial charge is 0.497 e. The minimum Gasteiger partial charge on any atom is -0.497 e. The fourth-order valence-electron chi connectivity index (χ4n) is 2.05. The summed E-state index contributed by atoms with van der Waals surface area (Å²) in [5, 5.41) is 9.56. The molecule has 100 valence electrons. The lowest BCUT2D eigenvalue weighted by Gasteiger charge is -2.29.